The maximum Gasteiger partial charge on any atom is 0.153 e. The number of aromatic nitrogens is 2. The van der Waals surface area contributed by atoms with Crippen molar-refractivity contribution in [3.63, 3.8) is 0 Å². The van der Waals surface area contributed by atoms with Gasteiger partial charge in [-0.25, -0.2) is 4.39 Å². The molecule has 3 rings (SSSR count). The molecule has 1 saturated carbocycles. The zero-order valence-electron chi connectivity index (χ0n) is 9.23. The Bertz CT molecular complexity index is 564. The molecule has 1 aliphatic carbocycles. The fourth-order valence-corrected chi connectivity index (χ4v) is 1.88. The third-order valence-electron chi connectivity index (χ3n) is 2.97. The summed E-state index contributed by atoms with van der Waals surface area (Å²) < 4.78 is 13.2. The summed E-state index contributed by atoms with van der Waals surface area (Å²) in [7, 11) is 0. The van der Waals surface area contributed by atoms with E-state index in [1.807, 2.05) is 12.1 Å². The van der Waals surface area contributed by atoms with E-state index in [-0.39, 0.29) is 5.82 Å². The van der Waals surface area contributed by atoms with Crippen molar-refractivity contribution < 1.29 is 4.39 Å². The van der Waals surface area contributed by atoms with Gasteiger partial charge in [-0.1, -0.05) is 12.1 Å². The van der Waals surface area contributed by atoms with Crippen molar-refractivity contribution in [1.29, 1.82) is 0 Å². The summed E-state index contributed by atoms with van der Waals surface area (Å²) in [5.74, 6) is 0.585. The predicted octanol–water partition coefficient (Wildman–Crippen LogP) is 2.74. The number of nitrogens with two attached hydrogens (primary N) is 1. The van der Waals surface area contributed by atoms with E-state index in [0.29, 0.717) is 11.7 Å². The number of hydrogen-bond acceptors (Lipinski definition) is 3. The molecule has 0 aliphatic heterocycles. The molecule has 0 saturated heterocycles. The number of hydrogen-bond donors (Lipinski definition) is 1. The molecule has 1 fully saturated rings. The first kappa shape index (κ1) is 10.2. The lowest BCUT2D eigenvalue weighted by atomic mass is 10.1. The van der Waals surface area contributed by atoms with Crippen LogP contribution in [-0.4, -0.2) is 10.2 Å². The van der Waals surface area contributed by atoms with Gasteiger partial charge >= 0.3 is 0 Å². The number of halogens is 1. The zero-order chi connectivity index (χ0) is 11.8. The van der Waals surface area contributed by atoms with Crippen LogP contribution in [0.5, 0.6) is 0 Å². The van der Waals surface area contributed by atoms with Crippen LogP contribution in [0.2, 0.25) is 0 Å². The number of anilines is 1. The van der Waals surface area contributed by atoms with Crippen LogP contribution in [0.15, 0.2) is 30.3 Å². The van der Waals surface area contributed by atoms with E-state index in [1.54, 1.807) is 6.07 Å². The molecule has 1 heterocycles. The fraction of sp³-hybridized carbons (Fsp3) is 0.231. The van der Waals surface area contributed by atoms with Crippen molar-refractivity contribution in [2.45, 2.75) is 18.8 Å². The van der Waals surface area contributed by atoms with Gasteiger partial charge in [0.2, 0.25) is 0 Å². The van der Waals surface area contributed by atoms with E-state index in [4.69, 9.17) is 5.73 Å². The topological polar surface area (TPSA) is 51.8 Å². The molecule has 4 heteroatoms. The van der Waals surface area contributed by atoms with Gasteiger partial charge in [-0.3, -0.25) is 0 Å². The lowest BCUT2D eigenvalue weighted by Gasteiger charge is -2.06. The molecule has 86 valence electrons. The third-order valence-corrected chi connectivity index (χ3v) is 2.97. The molecule has 2 aromatic rings. The van der Waals surface area contributed by atoms with Crippen molar-refractivity contribution in [2.75, 3.05) is 5.73 Å². The number of nitrogens with zero attached hydrogens (tertiary/aromatic N) is 2. The van der Waals surface area contributed by atoms with Crippen molar-refractivity contribution in [3.8, 4) is 11.1 Å². The highest BCUT2D eigenvalue weighted by molar-refractivity contribution is 5.73. The SMILES string of the molecule is Nc1nnc(C2CC2)cc1-c1cccc(F)c1. The van der Waals surface area contributed by atoms with E-state index in [2.05, 4.69) is 10.2 Å². The Hall–Kier alpha value is -1.97. The van der Waals surface area contributed by atoms with Crippen molar-refractivity contribution in [3.05, 3.63) is 41.8 Å². The Morgan fingerprint density at radius 3 is 2.71 bits per heavy atom. The molecule has 1 aromatic heterocycles. The molecule has 0 radical (unpaired) electrons. The highest BCUT2D eigenvalue weighted by Crippen LogP contribution is 2.40. The summed E-state index contributed by atoms with van der Waals surface area (Å²) in [5.41, 5.74) is 8.27. The first-order chi connectivity index (χ1) is 8.24. The average molecular weight is 229 g/mol. The van der Waals surface area contributed by atoms with Crippen LogP contribution in [0.1, 0.15) is 24.5 Å². The van der Waals surface area contributed by atoms with Crippen LogP contribution >= 0.6 is 0 Å². The maximum absolute atomic E-state index is 13.2. The Morgan fingerprint density at radius 2 is 2.00 bits per heavy atom. The molecule has 1 aromatic carbocycles. The van der Waals surface area contributed by atoms with E-state index in [0.717, 1.165) is 29.7 Å². The van der Waals surface area contributed by atoms with Gasteiger partial charge in [0.25, 0.3) is 0 Å². The molecule has 0 spiro atoms. The molecule has 3 nitrogen and oxygen atoms in total. The van der Waals surface area contributed by atoms with Crippen molar-refractivity contribution in [2.24, 2.45) is 0 Å². The van der Waals surface area contributed by atoms with E-state index < -0.39 is 0 Å². The molecule has 0 amide bonds. The van der Waals surface area contributed by atoms with Gasteiger partial charge in [-0.2, -0.15) is 5.10 Å². The standard InChI is InChI=1S/C13H12FN3/c14-10-3-1-2-9(6-10)11-7-12(8-4-5-8)16-17-13(11)15/h1-3,6-8H,4-5H2,(H2,15,17). The minimum atomic E-state index is -0.272. The number of nitrogen functional groups attached to an aromatic ring is 1. The zero-order valence-corrected chi connectivity index (χ0v) is 9.23. The second-order valence-corrected chi connectivity index (χ2v) is 4.35. The molecule has 0 unspecified atom stereocenters. The van der Waals surface area contributed by atoms with Crippen LogP contribution in [0.3, 0.4) is 0 Å². The molecule has 17 heavy (non-hydrogen) atoms. The van der Waals surface area contributed by atoms with Crippen LogP contribution < -0.4 is 5.73 Å². The molecule has 2 N–H and O–H groups in total. The Morgan fingerprint density at radius 1 is 1.18 bits per heavy atom. The van der Waals surface area contributed by atoms with Crippen LogP contribution in [0.4, 0.5) is 10.2 Å². The number of rotatable bonds is 2. The largest absolute Gasteiger partial charge is 0.382 e. The van der Waals surface area contributed by atoms with E-state index in [9.17, 15) is 4.39 Å². The predicted molar refractivity (Wildman–Crippen MR) is 63.8 cm³/mol. The Kier molecular flexibility index (Phi) is 2.28. The van der Waals surface area contributed by atoms with Gasteiger partial charge < -0.3 is 5.73 Å². The van der Waals surface area contributed by atoms with E-state index >= 15 is 0 Å². The maximum atomic E-state index is 13.2. The fourth-order valence-electron chi connectivity index (χ4n) is 1.88. The first-order valence-electron chi connectivity index (χ1n) is 5.63. The van der Waals surface area contributed by atoms with Crippen LogP contribution in [0.25, 0.3) is 11.1 Å². The van der Waals surface area contributed by atoms with Gasteiger partial charge in [-0.15, -0.1) is 5.10 Å². The second kappa shape index (κ2) is 3.80. The summed E-state index contributed by atoms with van der Waals surface area (Å²) in [6, 6.07) is 8.30. The second-order valence-electron chi connectivity index (χ2n) is 4.35. The summed E-state index contributed by atoms with van der Waals surface area (Å²) in [6.45, 7) is 0. The summed E-state index contributed by atoms with van der Waals surface area (Å²) in [4.78, 5) is 0. The minimum absolute atomic E-state index is 0.272. The van der Waals surface area contributed by atoms with Gasteiger partial charge in [0.1, 0.15) is 5.82 Å². The molecule has 1 aliphatic rings. The smallest absolute Gasteiger partial charge is 0.153 e. The Labute approximate surface area is 98.5 Å². The lowest BCUT2D eigenvalue weighted by molar-refractivity contribution is 0.628. The summed E-state index contributed by atoms with van der Waals surface area (Å²) >= 11 is 0. The average Bonchev–Trinajstić information content (AvgIpc) is 3.14. The lowest BCUT2D eigenvalue weighted by Crippen LogP contribution is -2.00. The molecular weight excluding hydrogens is 217 g/mol. The highest BCUT2D eigenvalue weighted by atomic mass is 19.1. The summed E-state index contributed by atoms with van der Waals surface area (Å²) in [6.07, 6.45) is 2.31. The first-order valence-corrected chi connectivity index (χ1v) is 5.63. The molecule has 0 atom stereocenters. The third kappa shape index (κ3) is 1.98. The Balaban J connectivity index is 2.09. The highest BCUT2D eigenvalue weighted by Gasteiger charge is 2.26. The van der Waals surface area contributed by atoms with Gasteiger partial charge in [-0.05, 0) is 36.6 Å². The van der Waals surface area contributed by atoms with Crippen LogP contribution in [-0.2, 0) is 0 Å². The quantitative estimate of drug-likeness (QED) is 0.861. The van der Waals surface area contributed by atoms with Crippen molar-refractivity contribution in [1.82, 2.24) is 10.2 Å². The van der Waals surface area contributed by atoms with Crippen molar-refractivity contribution >= 4 is 5.82 Å². The van der Waals surface area contributed by atoms with E-state index in [1.165, 1.54) is 12.1 Å². The molecular formula is C13H12FN3. The van der Waals surface area contributed by atoms with Crippen LogP contribution in [0, 0.1) is 5.82 Å². The van der Waals surface area contributed by atoms with Gasteiger partial charge in [0, 0.05) is 11.5 Å². The van der Waals surface area contributed by atoms with Gasteiger partial charge in [0.05, 0.1) is 5.69 Å². The monoisotopic (exact) mass is 229 g/mol. The minimum Gasteiger partial charge on any atom is -0.382 e. The summed E-state index contributed by atoms with van der Waals surface area (Å²) in [5, 5.41) is 8.03. The normalized spacial score (nSPS) is 14.9. The van der Waals surface area contributed by atoms with Gasteiger partial charge in [0.15, 0.2) is 5.82 Å². The molecule has 0 bridgehead atoms. The number of benzene rings is 1.